The summed E-state index contributed by atoms with van der Waals surface area (Å²) in [6.07, 6.45) is -6.41. The molecule has 1 aliphatic rings. The minimum Gasteiger partial charge on any atom is -0.406 e. The Hall–Kier alpha value is -6.11. The first-order chi connectivity index (χ1) is 25.8. The fourth-order valence-electron chi connectivity index (χ4n) is 7.28. The fraction of sp³-hybridized carbons (Fsp3) is 0.195. The minimum atomic E-state index is -4.83. The van der Waals surface area contributed by atoms with Gasteiger partial charge >= 0.3 is 12.5 Å². The normalized spacial score (nSPS) is 13.3. The van der Waals surface area contributed by atoms with Gasteiger partial charge in [-0.2, -0.15) is 13.2 Å². The predicted octanol–water partition coefficient (Wildman–Crippen LogP) is 9.67. The number of nitrogens with zero attached hydrogens (tertiary/aromatic N) is 2. The molecule has 54 heavy (non-hydrogen) atoms. The number of para-hydroxylation sites is 1. The minimum absolute atomic E-state index is 0.274. The molecule has 0 saturated carbocycles. The van der Waals surface area contributed by atoms with E-state index in [0.717, 1.165) is 16.6 Å². The van der Waals surface area contributed by atoms with Crippen molar-refractivity contribution < 1.29 is 40.7 Å². The number of carbonyl (C=O) groups excluding carboxylic acids is 2. The van der Waals surface area contributed by atoms with Crippen molar-refractivity contribution in [3.63, 3.8) is 0 Å². The summed E-state index contributed by atoms with van der Waals surface area (Å²) < 4.78 is 83.6. The first kappa shape index (κ1) is 36.3. The lowest BCUT2D eigenvalue weighted by Crippen LogP contribution is -2.47. The molecule has 7 nitrogen and oxygen atoms in total. The number of nitrogens with one attached hydrogen (secondary N) is 2. The molecule has 6 aromatic rings. The van der Waals surface area contributed by atoms with Gasteiger partial charge in [-0.1, -0.05) is 84.9 Å². The van der Waals surface area contributed by atoms with Gasteiger partial charge in [0.15, 0.2) is 0 Å². The SMILES string of the molecule is O=C(Nc1cccc2c1ncn2CCCCC1(C(=O)NCC(F)(F)F)c2ccccc2-c2ccccc21)c1ccccc1-c1ccc(OC(F)(F)F)cc1. The molecule has 0 unspecified atom stereocenters. The van der Waals surface area contributed by atoms with Crippen LogP contribution in [0.5, 0.6) is 5.75 Å². The zero-order valence-corrected chi connectivity index (χ0v) is 28.5. The fourth-order valence-corrected chi connectivity index (χ4v) is 7.28. The van der Waals surface area contributed by atoms with Crippen LogP contribution >= 0.6 is 0 Å². The van der Waals surface area contributed by atoms with Crippen LogP contribution in [0.3, 0.4) is 0 Å². The average Bonchev–Trinajstić information content (AvgIpc) is 3.70. The number of carbonyl (C=O) groups is 2. The van der Waals surface area contributed by atoms with E-state index in [9.17, 15) is 35.9 Å². The van der Waals surface area contributed by atoms with Crippen LogP contribution in [0, 0.1) is 0 Å². The van der Waals surface area contributed by atoms with Crippen molar-refractivity contribution in [2.75, 3.05) is 11.9 Å². The highest BCUT2D eigenvalue weighted by Crippen LogP contribution is 2.51. The Bertz CT molecular complexity index is 2290. The second kappa shape index (κ2) is 14.4. The summed E-state index contributed by atoms with van der Waals surface area (Å²) in [5.41, 5.74) is 4.70. The number of anilines is 1. The summed E-state index contributed by atoms with van der Waals surface area (Å²) in [5, 5.41) is 5.08. The van der Waals surface area contributed by atoms with Crippen LogP contribution in [-0.2, 0) is 16.8 Å². The second-order valence-corrected chi connectivity index (χ2v) is 12.9. The molecule has 2 amide bonds. The zero-order chi connectivity index (χ0) is 38.1. The smallest absolute Gasteiger partial charge is 0.406 e. The van der Waals surface area contributed by atoms with E-state index in [0.29, 0.717) is 58.4 Å². The standard InChI is InChI=1S/C41H32F6N4O3/c42-40(43,44)24-48-38(53)39(32-14-5-3-11-29(32)30-12-4-6-15-33(30)39)22-7-8-23-51-25-49-36-34(16-9-17-35(36)51)50-37(52)31-13-2-1-10-28(31)26-18-20-27(21-19-26)54-41(45,46)47/h1-6,9-21,25H,7-8,22-24H2,(H,48,53)(H,50,52). The van der Waals surface area contributed by atoms with Crippen LogP contribution in [0.2, 0.25) is 0 Å². The lowest BCUT2D eigenvalue weighted by Gasteiger charge is -2.31. The van der Waals surface area contributed by atoms with E-state index < -0.39 is 36.3 Å². The Balaban J connectivity index is 1.08. The Labute approximate surface area is 305 Å². The van der Waals surface area contributed by atoms with Crippen LogP contribution in [-0.4, -0.2) is 40.4 Å². The molecule has 5 aromatic carbocycles. The van der Waals surface area contributed by atoms with Crippen molar-refractivity contribution in [3.05, 3.63) is 138 Å². The Morgan fingerprint density at radius 3 is 2.00 bits per heavy atom. The van der Waals surface area contributed by atoms with Crippen LogP contribution in [0.25, 0.3) is 33.3 Å². The molecule has 0 radical (unpaired) electrons. The van der Waals surface area contributed by atoms with Gasteiger partial charge in [-0.3, -0.25) is 9.59 Å². The van der Waals surface area contributed by atoms with Gasteiger partial charge < -0.3 is 19.9 Å². The molecule has 2 N–H and O–H groups in total. The highest BCUT2D eigenvalue weighted by atomic mass is 19.4. The molecule has 13 heteroatoms. The van der Waals surface area contributed by atoms with Gasteiger partial charge in [-0.15, -0.1) is 13.2 Å². The van der Waals surface area contributed by atoms with E-state index in [-0.39, 0.29) is 12.2 Å². The van der Waals surface area contributed by atoms with Gasteiger partial charge in [-0.05, 0) is 83.0 Å². The summed E-state index contributed by atoms with van der Waals surface area (Å²) >= 11 is 0. The molecular weight excluding hydrogens is 710 g/mol. The van der Waals surface area contributed by atoms with Crippen LogP contribution in [0.15, 0.2) is 122 Å². The number of aromatic nitrogens is 2. The number of amides is 2. The van der Waals surface area contributed by atoms with Crippen molar-refractivity contribution in [2.45, 2.75) is 43.8 Å². The summed E-state index contributed by atoms with van der Waals surface area (Å²) in [4.78, 5) is 32.0. The molecule has 0 aliphatic heterocycles. The van der Waals surface area contributed by atoms with Gasteiger partial charge in [0.2, 0.25) is 5.91 Å². The topological polar surface area (TPSA) is 85.2 Å². The van der Waals surface area contributed by atoms with Crippen molar-refractivity contribution in [3.8, 4) is 28.0 Å². The molecule has 1 heterocycles. The van der Waals surface area contributed by atoms with Gasteiger partial charge in [0.1, 0.15) is 23.2 Å². The molecular formula is C41H32F6N4O3. The van der Waals surface area contributed by atoms with Crippen LogP contribution in [0.4, 0.5) is 32.0 Å². The van der Waals surface area contributed by atoms with E-state index in [1.54, 1.807) is 54.9 Å². The summed E-state index contributed by atoms with van der Waals surface area (Å²) in [5.74, 6) is -1.52. The molecule has 0 spiro atoms. The molecule has 0 bridgehead atoms. The maximum absolute atomic E-state index is 13.8. The largest absolute Gasteiger partial charge is 0.573 e. The number of hydrogen-bond donors (Lipinski definition) is 2. The number of hydrogen-bond acceptors (Lipinski definition) is 4. The van der Waals surface area contributed by atoms with Gasteiger partial charge in [0, 0.05) is 12.1 Å². The van der Waals surface area contributed by atoms with E-state index in [2.05, 4.69) is 20.4 Å². The third-order valence-electron chi connectivity index (χ3n) is 9.57. The highest BCUT2D eigenvalue weighted by Gasteiger charge is 2.49. The number of alkyl halides is 6. The number of rotatable bonds is 11. The number of imidazole rings is 1. The lowest BCUT2D eigenvalue weighted by atomic mass is 9.73. The molecule has 0 atom stereocenters. The van der Waals surface area contributed by atoms with E-state index in [1.807, 2.05) is 47.0 Å². The summed E-state index contributed by atoms with van der Waals surface area (Å²) in [7, 11) is 0. The monoisotopic (exact) mass is 742 g/mol. The van der Waals surface area contributed by atoms with Gasteiger partial charge in [0.05, 0.1) is 17.5 Å². The van der Waals surface area contributed by atoms with Gasteiger partial charge in [-0.25, -0.2) is 4.98 Å². The van der Waals surface area contributed by atoms with Gasteiger partial charge in [0.25, 0.3) is 5.91 Å². The average molecular weight is 743 g/mol. The predicted molar refractivity (Wildman–Crippen MR) is 192 cm³/mol. The third-order valence-corrected chi connectivity index (χ3v) is 9.57. The van der Waals surface area contributed by atoms with Crippen molar-refractivity contribution in [1.29, 1.82) is 0 Å². The van der Waals surface area contributed by atoms with Crippen molar-refractivity contribution in [1.82, 2.24) is 14.9 Å². The number of aryl methyl sites for hydroxylation is 1. The Morgan fingerprint density at radius 2 is 1.35 bits per heavy atom. The number of benzene rings is 5. The van der Waals surface area contributed by atoms with Crippen molar-refractivity contribution in [2.24, 2.45) is 0 Å². The Morgan fingerprint density at radius 1 is 0.722 bits per heavy atom. The van der Waals surface area contributed by atoms with E-state index >= 15 is 0 Å². The first-order valence-corrected chi connectivity index (χ1v) is 17.1. The quantitative estimate of drug-likeness (QED) is 0.102. The zero-order valence-electron chi connectivity index (χ0n) is 28.5. The summed E-state index contributed by atoms with van der Waals surface area (Å²) in [6, 6.07) is 31.9. The maximum atomic E-state index is 13.8. The van der Waals surface area contributed by atoms with Crippen molar-refractivity contribution >= 4 is 28.5 Å². The van der Waals surface area contributed by atoms with E-state index in [1.165, 1.54) is 24.3 Å². The number of ether oxygens (including phenoxy) is 1. The molecule has 1 aromatic heterocycles. The first-order valence-electron chi connectivity index (χ1n) is 17.1. The van der Waals surface area contributed by atoms with E-state index in [4.69, 9.17) is 0 Å². The summed E-state index contributed by atoms with van der Waals surface area (Å²) in [6.45, 7) is -0.953. The molecule has 1 aliphatic carbocycles. The molecule has 276 valence electrons. The number of halogens is 6. The molecule has 0 saturated heterocycles. The molecule has 0 fully saturated rings. The third kappa shape index (κ3) is 7.26. The van der Waals surface area contributed by atoms with Crippen LogP contribution in [0.1, 0.15) is 40.7 Å². The molecule has 7 rings (SSSR count). The Kier molecular flexibility index (Phi) is 9.65. The highest BCUT2D eigenvalue weighted by molar-refractivity contribution is 6.11. The maximum Gasteiger partial charge on any atom is 0.573 e. The number of fused-ring (bicyclic) bond motifs is 4. The number of unbranched alkanes of at least 4 members (excludes halogenated alkanes) is 1. The second-order valence-electron chi connectivity index (χ2n) is 12.9. The lowest BCUT2D eigenvalue weighted by molar-refractivity contribution is -0.274. The van der Waals surface area contributed by atoms with Crippen LogP contribution < -0.4 is 15.4 Å².